The lowest BCUT2D eigenvalue weighted by Gasteiger charge is -2.23. The molecule has 2 N–H and O–H groups in total. The van der Waals surface area contributed by atoms with Crippen LogP contribution in [-0.2, 0) is 0 Å². The van der Waals surface area contributed by atoms with Gasteiger partial charge in [0.25, 0.3) is 0 Å². The van der Waals surface area contributed by atoms with Gasteiger partial charge in [-0.25, -0.2) is 15.0 Å². The number of rotatable bonds is 4. The van der Waals surface area contributed by atoms with E-state index in [1.165, 1.54) is 32.1 Å². The van der Waals surface area contributed by atoms with Crippen molar-refractivity contribution < 1.29 is 4.74 Å². The molecular formula is C27H25N5O. The largest absolute Gasteiger partial charge is 0.439 e. The highest BCUT2D eigenvalue weighted by Crippen LogP contribution is 2.38. The molecule has 3 heterocycles. The molecule has 6 heteroatoms. The Labute approximate surface area is 192 Å². The first-order valence-corrected chi connectivity index (χ1v) is 11.5. The third-order valence-corrected chi connectivity index (χ3v) is 6.55. The third kappa shape index (κ3) is 3.67. The summed E-state index contributed by atoms with van der Waals surface area (Å²) in [7, 11) is 0. The van der Waals surface area contributed by atoms with E-state index in [9.17, 15) is 0 Å². The molecule has 33 heavy (non-hydrogen) atoms. The summed E-state index contributed by atoms with van der Waals surface area (Å²) >= 11 is 0. The number of ether oxygens (including phenoxy) is 1. The van der Waals surface area contributed by atoms with E-state index in [4.69, 9.17) is 15.5 Å². The van der Waals surface area contributed by atoms with E-state index in [1.54, 1.807) is 6.33 Å². The summed E-state index contributed by atoms with van der Waals surface area (Å²) in [6, 6.07) is 20.4. The van der Waals surface area contributed by atoms with Crippen LogP contribution in [0.15, 0.2) is 73.2 Å². The molecule has 0 amide bonds. The van der Waals surface area contributed by atoms with Crippen molar-refractivity contribution >= 4 is 27.8 Å². The van der Waals surface area contributed by atoms with Gasteiger partial charge in [-0.05, 0) is 42.7 Å². The van der Waals surface area contributed by atoms with Crippen LogP contribution in [0.4, 0.5) is 5.82 Å². The lowest BCUT2D eigenvalue weighted by Crippen LogP contribution is -2.12. The molecule has 1 aliphatic rings. The second-order valence-electron chi connectivity index (χ2n) is 8.67. The molecule has 1 aliphatic carbocycles. The van der Waals surface area contributed by atoms with Gasteiger partial charge in [-0.2, -0.15) is 0 Å². The first-order chi connectivity index (χ1) is 16.3. The van der Waals surface area contributed by atoms with E-state index >= 15 is 0 Å². The number of hydrogen-bond acceptors (Lipinski definition) is 5. The highest BCUT2D eigenvalue weighted by Gasteiger charge is 2.22. The van der Waals surface area contributed by atoms with E-state index in [-0.39, 0.29) is 0 Å². The molecule has 0 unspecified atom stereocenters. The van der Waals surface area contributed by atoms with Gasteiger partial charge in [-0.3, -0.25) is 0 Å². The molecule has 6 nitrogen and oxygen atoms in total. The molecule has 164 valence electrons. The van der Waals surface area contributed by atoms with Crippen LogP contribution in [0.25, 0.3) is 33.1 Å². The third-order valence-electron chi connectivity index (χ3n) is 6.55. The van der Waals surface area contributed by atoms with E-state index in [0.717, 1.165) is 38.8 Å². The average molecular weight is 436 g/mol. The Morgan fingerprint density at radius 3 is 2.58 bits per heavy atom. The minimum absolute atomic E-state index is 0.453. The maximum Gasteiger partial charge on any atom is 0.219 e. The Bertz CT molecular complexity index is 1440. The zero-order chi connectivity index (χ0) is 22.2. The van der Waals surface area contributed by atoms with Crippen molar-refractivity contribution in [1.29, 1.82) is 0 Å². The zero-order valence-electron chi connectivity index (χ0n) is 18.3. The predicted octanol–water partition coefficient (Wildman–Crippen LogP) is 6.53. The van der Waals surface area contributed by atoms with Crippen molar-refractivity contribution in [1.82, 2.24) is 19.5 Å². The van der Waals surface area contributed by atoms with E-state index in [1.807, 2.05) is 42.5 Å². The molecule has 0 aliphatic heterocycles. The summed E-state index contributed by atoms with van der Waals surface area (Å²) in [5, 5.41) is 1.97. The van der Waals surface area contributed by atoms with Gasteiger partial charge < -0.3 is 15.0 Å². The van der Waals surface area contributed by atoms with Crippen LogP contribution in [0, 0.1) is 0 Å². The Morgan fingerprint density at radius 2 is 1.73 bits per heavy atom. The van der Waals surface area contributed by atoms with Crippen LogP contribution >= 0.6 is 0 Å². The van der Waals surface area contributed by atoms with Gasteiger partial charge in [0, 0.05) is 29.3 Å². The molecule has 2 aromatic carbocycles. The summed E-state index contributed by atoms with van der Waals surface area (Å²) in [5.74, 6) is 1.85. The Balaban J connectivity index is 1.45. The first kappa shape index (κ1) is 19.7. The highest BCUT2D eigenvalue weighted by atomic mass is 16.5. The van der Waals surface area contributed by atoms with Crippen LogP contribution in [0.1, 0.15) is 38.1 Å². The quantitative estimate of drug-likeness (QED) is 0.347. The van der Waals surface area contributed by atoms with Crippen LogP contribution < -0.4 is 10.5 Å². The molecule has 0 spiro atoms. The summed E-state index contributed by atoms with van der Waals surface area (Å²) in [4.78, 5) is 13.7. The minimum Gasteiger partial charge on any atom is -0.439 e. The number of anilines is 1. The van der Waals surface area contributed by atoms with Gasteiger partial charge in [0.15, 0.2) is 0 Å². The Morgan fingerprint density at radius 1 is 0.909 bits per heavy atom. The number of pyridine rings is 1. The summed E-state index contributed by atoms with van der Waals surface area (Å²) in [5.41, 5.74) is 10.2. The predicted molar refractivity (Wildman–Crippen MR) is 131 cm³/mol. The Hall–Kier alpha value is -3.93. The monoisotopic (exact) mass is 435 g/mol. The van der Waals surface area contributed by atoms with Crippen molar-refractivity contribution in [2.45, 2.75) is 38.1 Å². The number of benzene rings is 2. The molecule has 1 fully saturated rings. The number of nitrogens with zero attached hydrogens (tertiary/aromatic N) is 4. The van der Waals surface area contributed by atoms with Gasteiger partial charge in [0.05, 0.1) is 10.9 Å². The van der Waals surface area contributed by atoms with Gasteiger partial charge in [-0.1, -0.05) is 49.6 Å². The summed E-state index contributed by atoms with van der Waals surface area (Å²) in [6.45, 7) is 0. The topological polar surface area (TPSA) is 78.8 Å². The van der Waals surface area contributed by atoms with Crippen molar-refractivity contribution in [3.8, 4) is 22.8 Å². The average Bonchev–Trinajstić information content (AvgIpc) is 3.26. The van der Waals surface area contributed by atoms with Crippen molar-refractivity contribution in [3.05, 3.63) is 73.2 Å². The fourth-order valence-electron chi connectivity index (χ4n) is 4.90. The van der Waals surface area contributed by atoms with Crippen LogP contribution in [-0.4, -0.2) is 19.5 Å². The van der Waals surface area contributed by atoms with E-state index < -0.39 is 0 Å². The number of nitrogens with two attached hydrogens (primary N) is 1. The van der Waals surface area contributed by atoms with E-state index in [0.29, 0.717) is 17.7 Å². The smallest absolute Gasteiger partial charge is 0.219 e. The number of hydrogen-bond donors (Lipinski definition) is 1. The molecule has 6 rings (SSSR count). The lowest BCUT2D eigenvalue weighted by atomic mass is 9.95. The van der Waals surface area contributed by atoms with Crippen molar-refractivity contribution in [2.75, 3.05) is 5.73 Å². The van der Waals surface area contributed by atoms with Crippen molar-refractivity contribution in [3.63, 3.8) is 0 Å². The standard InChI is InChI=1S/C27H25N5O/c28-26-25-22(16-32(27(25)30-17-29-26)20-7-3-1-4-8-20)19-12-11-18-13-14-24(31-23(18)15-19)33-21-9-5-2-6-10-21/h2,5-6,9-17,20H,1,3-4,7-8H2,(H2,28,29,30). The molecule has 0 atom stereocenters. The zero-order valence-corrected chi connectivity index (χ0v) is 18.3. The molecule has 1 saturated carbocycles. The first-order valence-electron chi connectivity index (χ1n) is 11.5. The number of aromatic nitrogens is 4. The molecule has 3 aromatic heterocycles. The van der Waals surface area contributed by atoms with Crippen molar-refractivity contribution in [2.24, 2.45) is 0 Å². The fraction of sp³-hybridized carbons (Fsp3) is 0.222. The lowest BCUT2D eigenvalue weighted by molar-refractivity contribution is 0.360. The molecule has 0 bridgehead atoms. The minimum atomic E-state index is 0.453. The normalized spacial score (nSPS) is 14.7. The van der Waals surface area contributed by atoms with Gasteiger partial charge in [0.1, 0.15) is 23.5 Å². The second kappa shape index (κ2) is 8.20. The van der Waals surface area contributed by atoms with Crippen LogP contribution in [0.2, 0.25) is 0 Å². The second-order valence-corrected chi connectivity index (χ2v) is 8.67. The molecule has 0 radical (unpaired) electrons. The number of nitrogen functional groups attached to an aromatic ring is 1. The number of fused-ring (bicyclic) bond motifs is 2. The fourth-order valence-corrected chi connectivity index (χ4v) is 4.90. The molecule has 0 saturated heterocycles. The molecule has 5 aromatic rings. The summed E-state index contributed by atoms with van der Waals surface area (Å²) < 4.78 is 8.26. The van der Waals surface area contributed by atoms with Gasteiger partial charge in [0.2, 0.25) is 5.88 Å². The van der Waals surface area contributed by atoms with Crippen LogP contribution in [0.5, 0.6) is 11.6 Å². The van der Waals surface area contributed by atoms with Gasteiger partial charge in [-0.15, -0.1) is 0 Å². The summed E-state index contributed by atoms with van der Waals surface area (Å²) in [6.07, 6.45) is 9.93. The SMILES string of the molecule is Nc1ncnc2c1c(-c1ccc3ccc(Oc4ccccc4)nc3c1)cn2C1CCCCC1. The number of para-hydroxylation sites is 1. The maximum absolute atomic E-state index is 6.36. The van der Waals surface area contributed by atoms with Crippen LogP contribution in [0.3, 0.4) is 0 Å². The van der Waals surface area contributed by atoms with E-state index in [2.05, 4.69) is 38.9 Å². The maximum atomic E-state index is 6.36. The Kier molecular flexibility index (Phi) is 4.91. The molecular weight excluding hydrogens is 410 g/mol. The highest BCUT2D eigenvalue weighted by molar-refractivity contribution is 6.02. The van der Waals surface area contributed by atoms with Gasteiger partial charge >= 0.3 is 0 Å².